The number of furan rings is 1. The maximum Gasteiger partial charge on any atom is 0.179 e. The molecule has 0 spiro atoms. The lowest BCUT2D eigenvalue weighted by Gasteiger charge is -1.93. The molecular weight excluding hydrogens is 278 g/mol. The molecule has 4 nitrogen and oxygen atoms in total. The maximum atomic E-state index is 5.15. The summed E-state index contributed by atoms with van der Waals surface area (Å²) in [6.07, 6.45) is 1.63. The Balaban J connectivity index is 2.17. The Morgan fingerprint density at radius 1 is 1.53 bits per heavy atom. The van der Waals surface area contributed by atoms with Crippen molar-refractivity contribution < 1.29 is 4.42 Å². The van der Waals surface area contributed by atoms with Crippen LogP contribution in [0.1, 0.15) is 11.9 Å². The van der Waals surface area contributed by atoms with E-state index in [2.05, 4.69) is 38.4 Å². The third-order valence-electron chi connectivity index (χ3n) is 1.84. The predicted molar refractivity (Wildman–Crippen MR) is 62.7 cm³/mol. The van der Waals surface area contributed by atoms with E-state index in [0.29, 0.717) is 4.67 Å². The lowest BCUT2D eigenvalue weighted by Crippen LogP contribution is -2.11. The second-order valence-electron chi connectivity index (χ2n) is 2.89. The number of hydrogen-bond acceptors (Lipinski definition) is 5. The maximum absolute atomic E-state index is 5.15. The average molecular weight is 288 g/mol. The molecule has 0 amide bonds. The van der Waals surface area contributed by atoms with Gasteiger partial charge in [-0.25, -0.2) is 0 Å². The number of nitrogens with zero attached hydrogens (tertiary/aromatic N) is 2. The van der Waals surface area contributed by atoms with Gasteiger partial charge in [0.05, 0.1) is 11.8 Å². The van der Waals surface area contributed by atoms with E-state index in [1.807, 2.05) is 6.07 Å². The highest BCUT2D eigenvalue weighted by Crippen LogP contribution is 2.31. The molecule has 80 valence electrons. The minimum absolute atomic E-state index is 0.702. The smallest absolute Gasteiger partial charge is 0.179 e. The zero-order valence-electron chi connectivity index (χ0n) is 8.16. The van der Waals surface area contributed by atoms with Crippen LogP contribution in [-0.4, -0.2) is 16.7 Å². The van der Waals surface area contributed by atoms with Crippen molar-refractivity contribution in [3.63, 3.8) is 0 Å². The molecule has 2 aromatic heterocycles. The Hall–Kier alpha value is -0.720. The molecule has 2 heterocycles. The van der Waals surface area contributed by atoms with Crippen LogP contribution in [0.2, 0.25) is 0 Å². The average Bonchev–Trinajstić information content (AvgIpc) is 2.83. The number of aromatic nitrogens is 2. The molecule has 0 saturated heterocycles. The second-order valence-corrected chi connectivity index (χ2v) is 4.67. The molecule has 0 aliphatic rings. The minimum Gasteiger partial charge on any atom is -0.457 e. The van der Waals surface area contributed by atoms with E-state index in [-0.39, 0.29) is 0 Å². The summed E-state index contributed by atoms with van der Waals surface area (Å²) in [6.45, 7) is 3.77. The molecule has 6 heteroatoms. The van der Waals surface area contributed by atoms with Crippen molar-refractivity contribution in [3.8, 4) is 10.6 Å². The molecule has 0 aromatic carbocycles. The van der Waals surface area contributed by atoms with Crippen molar-refractivity contribution in [2.75, 3.05) is 6.54 Å². The number of nitrogens with one attached hydrogen (secondary N) is 1. The summed E-state index contributed by atoms with van der Waals surface area (Å²) in [5, 5.41) is 13.3. The zero-order chi connectivity index (χ0) is 10.7. The van der Waals surface area contributed by atoms with Gasteiger partial charge in [-0.15, -0.1) is 10.2 Å². The van der Waals surface area contributed by atoms with Crippen LogP contribution in [0, 0.1) is 0 Å². The van der Waals surface area contributed by atoms with Crippen LogP contribution < -0.4 is 5.32 Å². The van der Waals surface area contributed by atoms with Gasteiger partial charge in [-0.05, 0) is 28.5 Å². The van der Waals surface area contributed by atoms with Crippen LogP contribution in [0.25, 0.3) is 10.6 Å². The summed E-state index contributed by atoms with van der Waals surface area (Å²) < 4.78 is 5.85. The molecule has 1 N–H and O–H groups in total. The van der Waals surface area contributed by atoms with Gasteiger partial charge < -0.3 is 9.73 Å². The highest BCUT2D eigenvalue weighted by molar-refractivity contribution is 9.10. The minimum atomic E-state index is 0.702. The highest BCUT2D eigenvalue weighted by atomic mass is 79.9. The van der Waals surface area contributed by atoms with Crippen molar-refractivity contribution in [1.82, 2.24) is 15.5 Å². The lowest BCUT2D eigenvalue weighted by atomic mass is 10.4. The Labute approximate surface area is 99.8 Å². The fourth-order valence-corrected chi connectivity index (χ4v) is 2.50. The summed E-state index contributed by atoms with van der Waals surface area (Å²) in [5.74, 6) is 0. The van der Waals surface area contributed by atoms with Crippen molar-refractivity contribution in [2.24, 2.45) is 0 Å². The fraction of sp³-hybridized carbons (Fsp3) is 0.333. The van der Waals surface area contributed by atoms with E-state index >= 15 is 0 Å². The fourth-order valence-electron chi connectivity index (χ4n) is 1.11. The third-order valence-corrected chi connectivity index (χ3v) is 3.41. The molecular formula is C9H10BrN3OS. The quantitative estimate of drug-likeness (QED) is 0.939. The van der Waals surface area contributed by atoms with Crippen LogP contribution >= 0.6 is 27.3 Å². The predicted octanol–water partition coefficient (Wildman–Crippen LogP) is 2.67. The van der Waals surface area contributed by atoms with Gasteiger partial charge in [-0.3, -0.25) is 0 Å². The first kappa shape index (κ1) is 10.8. The summed E-state index contributed by atoms with van der Waals surface area (Å²) in [7, 11) is 0. The molecule has 0 aliphatic carbocycles. The Kier molecular flexibility index (Phi) is 3.50. The van der Waals surface area contributed by atoms with Crippen molar-refractivity contribution >= 4 is 27.3 Å². The van der Waals surface area contributed by atoms with Crippen molar-refractivity contribution in [1.29, 1.82) is 0 Å². The lowest BCUT2D eigenvalue weighted by molar-refractivity contribution is 0.542. The standard InChI is InChI=1S/C9H10BrN3OS/c1-2-11-5-7-12-13-9(15-7)6-3-4-14-8(6)10/h3-4,11H,2,5H2,1H3. The first-order valence-electron chi connectivity index (χ1n) is 4.57. The molecule has 0 saturated carbocycles. The molecule has 0 atom stereocenters. The van der Waals surface area contributed by atoms with Crippen LogP contribution in [0.15, 0.2) is 21.4 Å². The molecule has 0 bridgehead atoms. The topological polar surface area (TPSA) is 51.0 Å². The van der Waals surface area contributed by atoms with E-state index in [1.54, 1.807) is 17.6 Å². The van der Waals surface area contributed by atoms with Crippen LogP contribution in [0.4, 0.5) is 0 Å². The summed E-state index contributed by atoms with van der Waals surface area (Å²) >= 11 is 4.89. The summed E-state index contributed by atoms with van der Waals surface area (Å²) in [5.41, 5.74) is 0.954. The normalized spacial score (nSPS) is 10.8. The van der Waals surface area contributed by atoms with Crippen LogP contribution in [-0.2, 0) is 6.54 Å². The SMILES string of the molecule is CCNCc1nnc(-c2ccoc2Br)s1. The number of halogens is 1. The second kappa shape index (κ2) is 4.87. The van der Waals surface area contributed by atoms with E-state index < -0.39 is 0 Å². The first-order valence-corrected chi connectivity index (χ1v) is 6.18. The zero-order valence-corrected chi connectivity index (χ0v) is 10.6. The molecule has 0 fully saturated rings. The molecule has 0 radical (unpaired) electrons. The van der Waals surface area contributed by atoms with Crippen molar-refractivity contribution in [3.05, 3.63) is 22.0 Å². The van der Waals surface area contributed by atoms with E-state index in [4.69, 9.17) is 4.42 Å². The van der Waals surface area contributed by atoms with Crippen LogP contribution in [0.3, 0.4) is 0 Å². The first-order chi connectivity index (χ1) is 7.31. The van der Waals surface area contributed by atoms with Gasteiger partial charge in [-0.2, -0.15) is 0 Å². The molecule has 0 aliphatic heterocycles. The van der Waals surface area contributed by atoms with Gasteiger partial charge >= 0.3 is 0 Å². The number of rotatable bonds is 4. The van der Waals surface area contributed by atoms with Crippen LogP contribution in [0.5, 0.6) is 0 Å². The largest absolute Gasteiger partial charge is 0.457 e. The highest BCUT2D eigenvalue weighted by Gasteiger charge is 2.11. The molecule has 2 rings (SSSR count). The third kappa shape index (κ3) is 2.45. The van der Waals surface area contributed by atoms with Crippen molar-refractivity contribution in [2.45, 2.75) is 13.5 Å². The van der Waals surface area contributed by atoms with Gasteiger partial charge in [0.15, 0.2) is 9.68 Å². The monoisotopic (exact) mass is 287 g/mol. The van der Waals surface area contributed by atoms with Gasteiger partial charge in [0.2, 0.25) is 0 Å². The molecule has 15 heavy (non-hydrogen) atoms. The molecule has 2 aromatic rings. The Bertz CT molecular complexity index is 440. The molecule has 0 unspecified atom stereocenters. The van der Waals surface area contributed by atoms with E-state index in [0.717, 1.165) is 28.7 Å². The van der Waals surface area contributed by atoms with E-state index in [1.165, 1.54) is 0 Å². The van der Waals surface area contributed by atoms with Gasteiger partial charge in [0, 0.05) is 6.54 Å². The van der Waals surface area contributed by atoms with Gasteiger partial charge in [-0.1, -0.05) is 18.3 Å². The van der Waals surface area contributed by atoms with Gasteiger partial charge in [0.1, 0.15) is 5.01 Å². The van der Waals surface area contributed by atoms with Gasteiger partial charge in [0.25, 0.3) is 0 Å². The Morgan fingerprint density at radius 2 is 2.40 bits per heavy atom. The Morgan fingerprint density at radius 3 is 3.07 bits per heavy atom. The summed E-state index contributed by atoms with van der Waals surface area (Å²) in [6, 6.07) is 1.88. The van der Waals surface area contributed by atoms with E-state index in [9.17, 15) is 0 Å². The summed E-state index contributed by atoms with van der Waals surface area (Å²) in [4.78, 5) is 0. The number of hydrogen-bond donors (Lipinski definition) is 1.